The molecule has 66 valence electrons. The van der Waals surface area contributed by atoms with Gasteiger partial charge in [-0.15, -0.1) is 6.58 Å². The van der Waals surface area contributed by atoms with Gasteiger partial charge in [0.25, 0.3) is 0 Å². The van der Waals surface area contributed by atoms with Crippen LogP contribution >= 0.6 is 6.72 Å². The van der Waals surface area contributed by atoms with Crippen molar-refractivity contribution in [2.75, 3.05) is 6.61 Å². The van der Waals surface area contributed by atoms with Gasteiger partial charge in [0.15, 0.2) is 0 Å². The van der Waals surface area contributed by atoms with Crippen molar-refractivity contribution < 1.29 is 19.4 Å². The second kappa shape index (κ2) is 4.98. The molecule has 11 heavy (non-hydrogen) atoms. The van der Waals surface area contributed by atoms with Crippen molar-refractivity contribution in [1.82, 2.24) is 0 Å². The molecule has 4 nitrogen and oxygen atoms in total. The van der Waals surface area contributed by atoms with Crippen LogP contribution in [-0.2, 0) is 16.5 Å². The second-order valence-corrected chi connectivity index (χ2v) is 4.49. The summed E-state index contributed by atoms with van der Waals surface area (Å²) in [5.41, 5.74) is 0. The molecule has 1 atom stereocenters. The Morgan fingerprint density at radius 1 is 1.64 bits per heavy atom. The monoisotopic (exact) mass is 198 g/mol. The van der Waals surface area contributed by atoms with Crippen LogP contribution in [0, 0.1) is 0 Å². The van der Waals surface area contributed by atoms with Gasteiger partial charge in [-0.1, -0.05) is 6.08 Å². The molecule has 1 saturated heterocycles. The minimum Gasteiger partial charge on any atom is -0.373 e. The summed E-state index contributed by atoms with van der Waals surface area (Å²) in [6.07, 6.45) is 3.44. The highest BCUT2D eigenvalue weighted by atomic mass is 32.5. The average molecular weight is 198 g/mol. The number of epoxide rings is 1. The molecule has 0 bridgehead atoms. The first-order chi connectivity index (χ1) is 4.93. The van der Waals surface area contributed by atoms with Crippen LogP contribution in [0.5, 0.6) is 0 Å². The molecule has 1 rings (SSSR count). The molecule has 1 unspecified atom stereocenters. The maximum Gasteiger partial charge on any atom is 0.319 e. The van der Waals surface area contributed by atoms with Crippen molar-refractivity contribution in [2.45, 2.75) is 12.5 Å². The van der Waals surface area contributed by atoms with E-state index in [0.717, 1.165) is 13.0 Å². The van der Waals surface area contributed by atoms with Crippen LogP contribution in [0.4, 0.5) is 0 Å². The SMILES string of the molecule is C=CCC1CO1.OP(O)(O)=S. The van der Waals surface area contributed by atoms with E-state index in [4.69, 9.17) is 19.4 Å². The van der Waals surface area contributed by atoms with Crippen molar-refractivity contribution in [1.29, 1.82) is 0 Å². The summed E-state index contributed by atoms with van der Waals surface area (Å²) >= 11 is 3.60. The van der Waals surface area contributed by atoms with E-state index in [-0.39, 0.29) is 0 Å². The van der Waals surface area contributed by atoms with Crippen LogP contribution in [0.15, 0.2) is 12.7 Å². The molecule has 1 heterocycles. The van der Waals surface area contributed by atoms with Crippen molar-refractivity contribution in [3.8, 4) is 0 Å². The second-order valence-electron chi connectivity index (χ2n) is 1.99. The Hall–Kier alpha value is 0.230. The van der Waals surface area contributed by atoms with E-state index in [1.807, 2.05) is 6.08 Å². The van der Waals surface area contributed by atoms with Gasteiger partial charge in [0.2, 0.25) is 0 Å². The van der Waals surface area contributed by atoms with E-state index in [1.165, 1.54) is 0 Å². The summed E-state index contributed by atoms with van der Waals surface area (Å²) in [5.74, 6) is 0. The van der Waals surface area contributed by atoms with Crippen molar-refractivity contribution in [3.05, 3.63) is 12.7 Å². The fraction of sp³-hybridized carbons (Fsp3) is 0.600. The summed E-state index contributed by atoms with van der Waals surface area (Å²) in [7, 11) is 0. The molecular formula is C5H11O4PS. The molecule has 6 heteroatoms. The Labute approximate surface area is 70.4 Å². The summed E-state index contributed by atoms with van der Waals surface area (Å²) in [6.45, 7) is 0.706. The summed E-state index contributed by atoms with van der Waals surface area (Å²) in [5, 5.41) is 0. The normalized spacial score (nSPS) is 21.5. The van der Waals surface area contributed by atoms with Crippen molar-refractivity contribution >= 4 is 18.5 Å². The van der Waals surface area contributed by atoms with Gasteiger partial charge < -0.3 is 19.4 Å². The fourth-order valence-corrected chi connectivity index (χ4v) is 0.390. The van der Waals surface area contributed by atoms with Gasteiger partial charge in [-0.2, -0.15) is 0 Å². The van der Waals surface area contributed by atoms with Crippen molar-refractivity contribution in [2.24, 2.45) is 0 Å². The van der Waals surface area contributed by atoms with E-state index in [9.17, 15) is 0 Å². The first kappa shape index (κ1) is 11.2. The molecule has 0 aromatic heterocycles. The Kier molecular flexibility index (Phi) is 5.08. The molecule has 0 amide bonds. The Bertz CT molecular complexity index is 154. The van der Waals surface area contributed by atoms with Crippen LogP contribution in [0.3, 0.4) is 0 Å². The van der Waals surface area contributed by atoms with Crippen LogP contribution in [-0.4, -0.2) is 27.4 Å². The van der Waals surface area contributed by atoms with Gasteiger partial charge in [-0.05, 0) is 18.2 Å². The molecule has 0 aromatic rings. The molecular weight excluding hydrogens is 187 g/mol. The lowest BCUT2D eigenvalue weighted by Crippen LogP contribution is -1.75. The van der Waals surface area contributed by atoms with Gasteiger partial charge in [0, 0.05) is 0 Å². The highest BCUT2D eigenvalue weighted by Gasteiger charge is 2.19. The Morgan fingerprint density at radius 2 is 2.00 bits per heavy atom. The smallest absolute Gasteiger partial charge is 0.319 e. The molecule has 0 saturated carbocycles. The first-order valence-corrected chi connectivity index (χ1v) is 5.60. The van der Waals surface area contributed by atoms with Crippen LogP contribution < -0.4 is 0 Å². The quantitative estimate of drug-likeness (QED) is 0.334. The number of hydrogen-bond donors (Lipinski definition) is 3. The molecule has 0 spiro atoms. The van der Waals surface area contributed by atoms with Gasteiger partial charge in [-0.25, -0.2) is 0 Å². The largest absolute Gasteiger partial charge is 0.373 e. The standard InChI is InChI=1S/C5H8O.H3O3PS/c1-2-3-5-4-6-5;1-4(2,3)5/h2,5H,1,3-4H2;(H3,1,2,3,5). The third kappa shape index (κ3) is 17.9. The van der Waals surface area contributed by atoms with Crippen LogP contribution in [0.2, 0.25) is 0 Å². The van der Waals surface area contributed by atoms with E-state index in [1.54, 1.807) is 0 Å². The summed E-state index contributed by atoms with van der Waals surface area (Å²) in [6, 6.07) is 0. The number of hydrogen-bond acceptors (Lipinski definition) is 2. The molecule has 0 radical (unpaired) electrons. The maximum absolute atomic E-state index is 7.56. The maximum atomic E-state index is 7.56. The summed E-state index contributed by atoms with van der Waals surface area (Å²) < 4.78 is 4.88. The zero-order valence-corrected chi connectivity index (χ0v) is 7.59. The number of rotatable bonds is 2. The molecule has 1 aliphatic rings. The lowest BCUT2D eigenvalue weighted by atomic mass is 10.3. The highest BCUT2D eigenvalue weighted by molar-refractivity contribution is 8.06. The Balaban J connectivity index is 0.000000187. The minimum atomic E-state index is -3.81. The summed E-state index contributed by atoms with van der Waals surface area (Å²) in [4.78, 5) is 22.7. The van der Waals surface area contributed by atoms with Crippen LogP contribution in [0.25, 0.3) is 0 Å². The topological polar surface area (TPSA) is 73.2 Å². The van der Waals surface area contributed by atoms with E-state index >= 15 is 0 Å². The molecule has 1 aliphatic heterocycles. The Morgan fingerprint density at radius 3 is 2.09 bits per heavy atom. The predicted molar refractivity (Wildman–Crippen MR) is 45.5 cm³/mol. The highest BCUT2D eigenvalue weighted by Crippen LogP contribution is 2.26. The van der Waals surface area contributed by atoms with E-state index in [0.29, 0.717) is 6.10 Å². The lowest BCUT2D eigenvalue weighted by molar-refractivity contribution is 0.363. The molecule has 1 fully saturated rings. The third-order valence-corrected chi connectivity index (χ3v) is 0.832. The van der Waals surface area contributed by atoms with Crippen molar-refractivity contribution in [3.63, 3.8) is 0 Å². The molecule has 0 aromatic carbocycles. The average Bonchev–Trinajstić information content (AvgIpc) is 2.45. The lowest BCUT2D eigenvalue weighted by Gasteiger charge is -1.88. The van der Waals surface area contributed by atoms with Gasteiger partial charge in [-0.3, -0.25) is 0 Å². The van der Waals surface area contributed by atoms with Gasteiger partial charge in [0.05, 0.1) is 12.7 Å². The number of ether oxygens (including phenoxy) is 1. The van der Waals surface area contributed by atoms with Gasteiger partial charge in [0.1, 0.15) is 0 Å². The van der Waals surface area contributed by atoms with E-state index < -0.39 is 6.72 Å². The minimum absolute atomic E-state index is 0.530. The fourth-order valence-electron chi connectivity index (χ4n) is 0.390. The first-order valence-electron chi connectivity index (χ1n) is 2.94. The van der Waals surface area contributed by atoms with Gasteiger partial charge >= 0.3 is 6.72 Å². The van der Waals surface area contributed by atoms with E-state index in [2.05, 4.69) is 18.4 Å². The molecule has 3 N–H and O–H groups in total. The zero-order chi connectivity index (χ0) is 8.91. The zero-order valence-electron chi connectivity index (χ0n) is 5.88. The predicted octanol–water partition coefficient (Wildman–Crippen LogP) is 0.149. The third-order valence-electron chi connectivity index (χ3n) is 0.832. The van der Waals surface area contributed by atoms with Crippen LogP contribution in [0.1, 0.15) is 6.42 Å². The molecule has 0 aliphatic carbocycles.